The summed E-state index contributed by atoms with van der Waals surface area (Å²) in [5.74, 6) is -2.10. The smallest absolute Gasteiger partial charge is 0.263 e. The van der Waals surface area contributed by atoms with Crippen LogP contribution in [-0.2, 0) is 4.74 Å². The summed E-state index contributed by atoms with van der Waals surface area (Å²) in [6, 6.07) is 7.07. The fraction of sp³-hybridized carbons (Fsp3) is 0.364. The summed E-state index contributed by atoms with van der Waals surface area (Å²) in [5.41, 5.74) is 2.91. The first-order valence-electron chi connectivity index (χ1n) is 9.87. The number of aryl methyl sites for hydroxylation is 2. The molecule has 0 bridgehead atoms. The number of morpholine rings is 1. The van der Waals surface area contributed by atoms with E-state index in [1.165, 1.54) is 22.3 Å². The fourth-order valence-electron chi connectivity index (χ4n) is 3.44. The number of ether oxygens (including phenoxy) is 1. The van der Waals surface area contributed by atoms with E-state index in [9.17, 15) is 13.6 Å². The number of aromatic nitrogens is 1. The monoisotopic (exact) mass is 431 g/mol. The molecule has 0 atom stereocenters. The van der Waals surface area contributed by atoms with Crippen LogP contribution >= 0.6 is 11.3 Å². The summed E-state index contributed by atoms with van der Waals surface area (Å²) in [6.07, 6.45) is 0. The molecule has 1 aliphatic heterocycles. The molecule has 0 spiro atoms. The van der Waals surface area contributed by atoms with Crippen LogP contribution in [0, 0.1) is 25.5 Å². The van der Waals surface area contributed by atoms with Crippen LogP contribution in [0.3, 0.4) is 0 Å². The first-order valence-corrected chi connectivity index (χ1v) is 10.7. The van der Waals surface area contributed by atoms with Gasteiger partial charge in [0.2, 0.25) is 0 Å². The van der Waals surface area contributed by atoms with Crippen LogP contribution in [0.4, 0.5) is 13.9 Å². The molecule has 1 fully saturated rings. The Balaban J connectivity index is 1.68. The second-order valence-electron chi connectivity index (χ2n) is 7.44. The van der Waals surface area contributed by atoms with Gasteiger partial charge >= 0.3 is 0 Å². The lowest BCUT2D eigenvalue weighted by atomic mass is 10.1. The summed E-state index contributed by atoms with van der Waals surface area (Å²) in [6.45, 7) is 7.89. The van der Waals surface area contributed by atoms with Crippen LogP contribution in [0.5, 0.6) is 0 Å². The molecule has 30 heavy (non-hydrogen) atoms. The maximum atomic E-state index is 14.4. The number of carbonyl (C=O) groups excluding carboxylic acids is 1. The molecule has 3 aromatic rings. The van der Waals surface area contributed by atoms with E-state index in [1.807, 2.05) is 19.9 Å². The van der Waals surface area contributed by atoms with Gasteiger partial charge in [-0.1, -0.05) is 11.3 Å². The van der Waals surface area contributed by atoms with Crippen LogP contribution in [0.2, 0.25) is 0 Å². The van der Waals surface area contributed by atoms with Crippen molar-refractivity contribution < 1.29 is 18.3 Å². The third-order valence-electron chi connectivity index (χ3n) is 5.37. The minimum atomic E-state index is -0.871. The van der Waals surface area contributed by atoms with E-state index in [0.29, 0.717) is 31.4 Å². The Hall–Kier alpha value is -2.42. The minimum Gasteiger partial charge on any atom is -0.379 e. The number of anilines is 1. The van der Waals surface area contributed by atoms with Gasteiger partial charge in [0, 0.05) is 32.2 Å². The van der Waals surface area contributed by atoms with Gasteiger partial charge in [0.15, 0.2) is 5.13 Å². The van der Waals surface area contributed by atoms with Gasteiger partial charge in [-0.2, -0.15) is 0 Å². The Morgan fingerprint density at radius 1 is 1.17 bits per heavy atom. The Bertz CT molecular complexity index is 1040. The van der Waals surface area contributed by atoms with E-state index in [-0.39, 0.29) is 5.56 Å². The highest BCUT2D eigenvalue weighted by Gasteiger charge is 2.25. The number of fused-ring (bicyclic) bond motifs is 1. The molecular weight excluding hydrogens is 408 g/mol. The summed E-state index contributed by atoms with van der Waals surface area (Å²) in [4.78, 5) is 21.6. The summed E-state index contributed by atoms with van der Waals surface area (Å²) in [7, 11) is 0. The number of rotatable bonds is 5. The average Bonchev–Trinajstić information content (AvgIpc) is 3.11. The van der Waals surface area contributed by atoms with E-state index in [1.54, 1.807) is 0 Å². The third kappa shape index (κ3) is 4.35. The van der Waals surface area contributed by atoms with Crippen molar-refractivity contribution in [2.24, 2.45) is 0 Å². The number of carbonyl (C=O) groups is 1. The van der Waals surface area contributed by atoms with Crippen molar-refractivity contribution in [1.82, 2.24) is 9.88 Å². The van der Waals surface area contributed by atoms with E-state index in [2.05, 4.69) is 16.0 Å². The van der Waals surface area contributed by atoms with Crippen molar-refractivity contribution in [2.45, 2.75) is 13.8 Å². The van der Waals surface area contributed by atoms with Crippen molar-refractivity contribution in [3.05, 3.63) is 58.7 Å². The molecule has 0 N–H and O–H groups in total. The van der Waals surface area contributed by atoms with Crippen molar-refractivity contribution in [3.8, 4) is 0 Å². The van der Waals surface area contributed by atoms with Gasteiger partial charge in [-0.15, -0.1) is 0 Å². The topological polar surface area (TPSA) is 45.7 Å². The summed E-state index contributed by atoms with van der Waals surface area (Å²) < 4.78 is 34.0. The Morgan fingerprint density at radius 2 is 1.90 bits per heavy atom. The van der Waals surface area contributed by atoms with Gasteiger partial charge in [0.05, 0.1) is 29.0 Å². The predicted octanol–water partition coefficient (Wildman–Crippen LogP) is 4.17. The van der Waals surface area contributed by atoms with E-state index in [0.717, 1.165) is 46.6 Å². The standard InChI is InChI=1S/C22H23F2N3O2S/c1-14-11-19-20(12-15(14)2)30-22(25-19)27(6-5-26-7-9-29-10-8-26)21(28)17-4-3-16(23)13-18(17)24/h3-4,11-13H,5-10H2,1-2H3. The first kappa shape index (κ1) is 20.8. The number of hydrogen-bond donors (Lipinski definition) is 0. The van der Waals surface area contributed by atoms with Crippen molar-refractivity contribution >= 4 is 32.6 Å². The molecule has 158 valence electrons. The fourth-order valence-corrected chi connectivity index (χ4v) is 4.51. The quantitative estimate of drug-likeness (QED) is 0.608. The number of nitrogens with zero attached hydrogens (tertiary/aromatic N) is 3. The van der Waals surface area contributed by atoms with Crippen LogP contribution in [-0.4, -0.2) is 55.2 Å². The van der Waals surface area contributed by atoms with Gasteiger partial charge in [-0.3, -0.25) is 14.6 Å². The minimum absolute atomic E-state index is 0.162. The third-order valence-corrected chi connectivity index (χ3v) is 6.41. The normalized spacial score (nSPS) is 14.9. The zero-order chi connectivity index (χ0) is 21.3. The van der Waals surface area contributed by atoms with E-state index < -0.39 is 17.5 Å². The zero-order valence-electron chi connectivity index (χ0n) is 17.0. The Morgan fingerprint density at radius 3 is 2.63 bits per heavy atom. The van der Waals surface area contributed by atoms with Crippen LogP contribution < -0.4 is 4.90 Å². The lowest BCUT2D eigenvalue weighted by Crippen LogP contribution is -2.43. The molecule has 1 saturated heterocycles. The highest BCUT2D eigenvalue weighted by Crippen LogP contribution is 2.32. The molecule has 1 amide bonds. The number of benzene rings is 2. The van der Waals surface area contributed by atoms with Gasteiger partial charge in [-0.05, 0) is 49.2 Å². The average molecular weight is 432 g/mol. The predicted molar refractivity (Wildman–Crippen MR) is 114 cm³/mol. The van der Waals surface area contributed by atoms with E-state index in [4.69, 9.17) is 4.74 Å². The molecule has 5 nitrogen and oxygen atoms in total. The first-order chi connectivity index (χ1) is 14.4. The Kier molecular flexibility index (Phi) is 6.08. The maximum absolute atomic E-state index is 14.4. The number of halogens is 2. The molecule has 2 heterocycles. The zero-order valence-corrected chi connectivity index (χ0v) is 17.8. The lowest BCUT2D eigenvalue weighted by Gasteiger charge is -2.29. The van der Waals surface area contributed by atoms with Gasteiger partial charge < -0.3 is 4.74 Å². The lowest BCUT2D eigenvalue weighted by molar-refractivity contribution is 0.0391. The number of amides is 1. The SMILES string of the molecule is Cc1cc2nc(N(CCN3CCOCC3)C(=O)c3ccc(F)cc3F)sc2cc1C. The second-order valence-corrected chi connectivity index (χ2v) is 8.44. The summed E-state index contributed by atoms with van der Waals surface area (Å²) in [5, 5.41) is 0.511. The van der Waals surface area contributed by atoms with Crippen molar-refractivity contribution in [2.75, 3.05) is 44.3 Å². The number of thiazole rings is 1. The van der Waals surface area contributed by atoms with E-state index >= 15 is 0 Å². The molecule has 0 saturated carbocycles. The van der Waals surface area contributed by atoms with Crippen molar-refractivity contribution in [1.29, 1.82) is 0 Å². The molecule has 4 rings (SSSR count). The van der Waals surface area contributed by atoms with Gasteiger partial charge in [0.25, 0.3) is 5.91 Å². The highest BCUT2D eigenvalue weighted by atomic mass is 32.1. The molecular formula is C22H23F2N3O2S. The largest absolute Gasteiger partial charge is 0.379 e. The Labute approximate surface area is 177 Å². The maximum Gasteiger partial charge on any atom is 0.263 e. The molecule has 2 aromatic carbocycles. The van der Waals surface area contributed by atoms with Crippen LogP contribution in [0.15, 0.2) is 30.3 Å². The second kappa shape index (κ2) is 8.75. The van der Waals surface area contributed by atoms with Crippen molar-refractivity contribution in [3.63, 3.8) is 0 Å². The number of hydrogen-bond acceptors (Lipinski definition) is 5. The molecule has 1 aromatic heterocycles. The molecule has 8 heteroatoms. The van der Waals surface area contributed by atoms with Gasteiger partial charge in [-0.25, -0.2) is 13.8 Å². The van der Waals surface area contributed by atoms with Crippen LogP contribution in [0.1, 0.15) is 21.5 Å². The molecule has 0 aliphatic carbocycles. The van der Waals surface area contributed by atoms with Gasteiger partial charge in [0.1, 0.15) is 11.6 Å². The summed E-state index contributed by atoms with van der Waals surface area (Å²) >= 11 is 1.40. The highest BCUT2D eigenvalue weighted by molar-refractivity contribution is 7.22. The molecule has 0 radical (unpaired) electrons. The molecule has 1 aliphatic rings. The molecule has 0 unspecified atom stereocenters. The van der Waals surface area contributed by atoms with Crippen LogP contribution in [0.25, 0.3) is 10.2 Å².